The van der Waals surface area contributed by atoms with Crippen LogP contribution in [0.4, 0.5) is 11.4 Å². The molecule has 1 aliphatic rings. The molecule has 5 nitrogen and oxygen atoms in total. The Morgan fingerprint density at radius 3 is 2.62 bits per heavy atom. The summed E-state index contributed by atoms with van der Waals surface area (Å²) >= 11 is 0. The van der Waals surface area contributed by atoms with Crippen LogP contribution < -0.4 is 9.62 Å². The first-order valence-corrected chi connectivity index (χ1v) is 9.51. The number of benzene rings is 2. The van der Waals surface area contributed by atoms with Crippen LogP contribution in [0.5, 0.6) is 0 Å². The Hall–Kier alpha value is -2.34. The lowest BCUT2D eigenvalue weighted by Gasteiger charge is -2.29. The van der Waals surface area contributed by atoms with E-state index in [1.165, 1.54) is 0 Å². The van der Waals surface area contributed by atoms with Gasteiger partial charge in [0.25, 0.3) is 10.0 Å². The average molecular weight is 344 g/mol. The lowest BCUT2D eigenvalue weighted by molar-refractivity contribution is -0.118. The standard InChI is InChI=1S/C18H20N2O3S/c1-2-18(21)20-12-6-7-14-10-11-15(13-17(14)20)19-24(22,23)16-8-4-3-5-9-16/h3-5,8-11,13,19H,2,6-7,12H2,1H3. The molecular weight excluding hydrogens is 324 g/mol. The molecule has 2 aromatic rings. The summed E-state index contributed by atoms with van der Waals surface area (Å²) in [6.07, 6.45) is 2.25. The highest BCUT2D eigenvalue weighted by atomic mass is 32.2. The SMILES string of the molecule is CCC(=O)N1CCCc2ccc(NS(=O)(=O)c3ccccc3)cc21. The van der Waals surface area contributed by atoms with Gasteiger partial charge in [0.1, 0.15) is 0 Å². The molecule has 0 radical (unpaired) electrons. The van der Waals surface area contributed by atoms with Gasteiger partial charge in [0.05, 0.1) is 10.6 Å². The van der Waals surface area contributed by atoms with E-state index >= 15 is 0 Å². The van der Waals surface area contributed by atoms with Crippen LogP contribution in [0, 0.1) is 0 Å². The molecular formula is C18H20N2O3S. The molecule has 1 amide bonds. The summed E-state index contributed by atoms with van der Waals surface area (Å²) in [5.41, 5.74) is 2.35. The average Bonchev–Trinajstić information content (AvgIpc) is 2.61. The van der Waals surface area contributed by atoms with Crippen LogP contribution in [0.3, 0.4) is 0 Å². The van der Waals surface area contributed by atoms with E-state index in [0.29, 0.717) is 18.7 Å². The maximum absolute atomic E-state index is 12.4. The second-order valence-electron chi connectivity index (χ2n) is 5.76. The van der Waals surface area contributed by atoms with Gasteiger partial charge in [-0.2, -0.15) is 0 Å². The van der Waals surface area contributed by atoms with Gasteiger partial charge < -0.3 is 4.90 Å². The number of carbonyl (C=O) groups excluding carboxylic acids is 1. The van der Waals surface area contributed by atoms with Crippen LogP contribution in [0.25, 0.3) is 0 Å². The second-order valence-corrected chi connectivity index (χ2v) is 7.45. The first kappa shape index (κ1) is 16.5. The molecule has 0 aliphatic carbocycles. The lowest BCUT2D eigenvalue weighted by atomic mass is 10.0. The Kier molecular flexibility index (Phi) is 4.57. The molecule has 6 heteroatoms. The summed E-state index contributed by atoms with van der Waals surface area (Å²) in [6, 6.07) is 13.6. The minimum absolute atomic E-state index is 0.0546. The summed E-state index contributed by atoms with van der Waals surface area (Å²) in [5, 5.41) is 0. The lowest BCUT2D eigenvalue weighted by Crippen LogP contribution is -2.35. The molecule has 0 spiro atoms. The van der Waals surface area contributed by atoms with Gasteiger partial charge in [-0.05, 0) is 42.7 Å². The Balaban J connectivity index is 1.92. The fourth-order valence-electron chi connectivity index (χ4n) is 2.90. The van der Waals surface area contributed by atoms with Gasteiger partial charge in [-0.3, -0.25) is 9.52 Å². The third-order valence-corrected chi connectivity index (χ3v) is 5.51. The molecule has 0 unspecified atom stereocenters. The van der Waals surface area contributed by atoms with Crippen LogP contribution in [0.1, 0.15) is 25.3 Å². The van der Waals surface area contributed by atoms with Gasteiger partial charge in [0.15, 0.2) is 0 Å². The smallest absolute Gasteiger partial charge is 0.261 e. The number of rotatable bonds is 4. The van der Waals surface area contributed by atoms with Crippen LogP contribution in [-0.4, -0.2) is 20.9 Å². The van der Waals surface area contributed by atoms with E-state index in [2.05, 4.69) is 4.72 Å². The summed E-state index contributed by atoms with van der Waals surface area (Å²) in [4.78, 5) is 14.1. The second kappa shape index (κ2) is 6.65. The first-order valence-electron chi connectivity index (χ1n) is 8.02. The molecule has 0 aromatic heterocycles. The third kappa shape index (κ3) is 3.28. The molecule has 0 bridgehead atoms. The van der Waals surface area contributed by atoms with E-state index in [-0.39, 0.29) is 10.8 Å². The van der Waals surface area contributed by atoms with Crippen molar-refractivity contribution in [2.45, 2.75) is 31.1 Å². The number of nitrogens with zero attached hydrogens (tertiary/aromatic N) is 1. The van der Waals surface area contributed by atoms with Crippen molar-refractivity contribution in [3.63, 3.8) is 0 Å². The molecule has 3 rings (SSSR count). The quantitative estimate of drug-likeness (QED) is 0.926. The third-order valence-electron chi connectivity index (χ3n) is 4.11. The minimum Gasteiger partial charge on any atom is -0.312 e. The van der Waals surface area contributed by atoms with Crippen LogP contribution in [-0.2, 0) is 21.2 Å². The number of hydrogen-bond donors (Lipinski definition) is 1. The highest BCUT2D eigenvalue weighted by molar-refractivity contribution is 7.92. The van der Waals surface area contributed by atoms with E-state index in [9.17, 15) is 13.2 Å². The molecule has 0 saturated heterocycles. The van der Waals surface area contributed by atoms with Crippen molar-refractivity contribution in [1.29, 1.82) is 0 Å². The van der Waals surface area contributed by atoms with Crippen LogP contribution in [0.15, 0.2) is 53.4 Å². The number of nitrogens with one attached hydrogen (secondary N) is 1. The predicted molar refractivity (Wildman–Crippen MR) is 94.7 cm³/mol. The van der Waals surface area contributed by atoms with Gasteiger partial charge in [-0.25, -0.2) is 8.42 Å². The van der Waals surface area contributed by atoms with Crippen molar-refractivity contribution >= 4 is 27.3 Å². The monoisotopic (exact) mass is 344 g/mol. The topological polar surface area (TPSA) is 66.5 Å². The van der Waals surface area contributed by atoms with Crippen molar-refractivity contribution in [3.8, 4) is 0 Å². The van der Waals surface area contributed by atoms with Crippen molar-refractivity contribution in [2.75, 3.05) is 16.2 Å². The van der Waals surface area contributed by atoms with E-state index in [0.717, 1.165) is 24.1 Å². The van der Waals surface area contributed by atoms with Gasteiger partial charge in [-0.1, -0.05) is 31.2 Å². The van der Waals surface area contributed by atoms with Crippen LogP contribution in [0.2, 0.25) is 0 Å². The van der Waals surface area contributed by atoms with Crippen molar-refractivity contribution in [1.82, 2.24) is 0 Å². The van der Waals surface area contributed by atoms with E-state index in [1.807, 2.05) is 13.0 Å². The molecule has 126 valence electrons. The Morgan fingerprint density at radius 1 is 1.17 bits per heavy atom. The van der Waals surface area contributed by atoms with Crippen LogP contribution >= 0.6 is 0 Å². The van der Waals surface area contributed by atoms with E-state index < -0.39 is 10.0 Å². The minimum atomic E-state index is -3.64. The number of carbonyl (C=O) groups is 1. The molecule has 2 aromatic carbocycles. The van der Waals surface area contributed by atoms with Gasteiger partial charge >= 0.3 is 0 Å². The Morgan fingerprint density at radius 2 is 1.92 bits per heavy atom. The zero-order chi connectivity index (χ0) is 17.2. The molecule has 1 heterocycles. The maximum Gasteiger partial charge on any atom is 0.261 e. The van der Waals surface area contributed by atoms with Gasteiger partial charge in [0.2, 0.25) is 5.91 Å². The summed E-state index contributed by atoms with van der Waals surface area (Å²) in [5.74, 6) is 0.0546. The summed E-state index contributed by atoms with van der Waals surface area (Å²) in [7, 11) is -3.64. The maximum atomic E-state index is 12.4. The first-order chi connectivity index (χ1) is 11.5. The molecule has 0 fully saturated rings. The fourth-order valence-corrected chi connectivity index (χ4v) is 3.97. The molecule has 1 N–H and O–H groups in total. The zero-order valence-electron chi connectivity index (χ0n) is 13.5. The van der Waals surface area contributed by atoms with Gasteiger partial charge in [-0.15, -0.1) is 0 Å². The summed E-state index contributed by atoms with van der Waals surface area (Å²) < 4.78 is 27.5. The highest BCUT2D eigenvalue weighted by Crippen LogP contribution is 2.31. The van der Waals surface area contributed by atoms with E-state index in [1.54, 1.807) is 47.4 Å². The van der Waals surface area contributed by atoms with E-state index in [4.69, 9.17) is 0 Å². The normalized spacial score (nSPS) is 14.1. The fraction of sp³-hybridized carbons (Fsp3) is 0.278. The van der Waals surface area contributed by atoms with Crippen molar-refractivity contribution in [2.24, 2.45) is 0 Å². The number of fused-ring (bicyclic) bond motifs is 1. The Bertz CT molecular complexity index is 848. The molecule has 0 atom stereocenters. The van der Waals surface area contributed by atoms with Crippen molar-refractivity contribution in [3.05, 3.63) is 54.1 Å². The zero-order valence-corrected chi connectivity index (χ0v) is 14.3. The molecule has 1 aliphatic heterocycles. The molecule has 24 heavy (non-hydrogen) atoms. The number of hydrogen-bond acceptors (Lipinski definition) is 3. The largest absolute Gasteiger partial charge is 0.312 e. The molecule has 0 saturated carbocycles. The van der Waals surface area contributed by atoms with Gasteiger partial charge in [0, 0.05) is 18.7 Å². The number of sulfonamides is 1. The predicted octanol–water partition coefficient (Wildman–Crippen LogP) is 3.18. The summed E-state index contributed by atoms with van der Waals surface area (Å²) in [6.45, 7) is 2.51. The number of aryl methyl sites for hydroxylation is 1. The number of amides is 1. The number of anilines is 2. The Labute approximate surface area is 142 Å². The van der Waals surface area contributed by atoms with Crippen molar-refractivity contribution < 1.29 is 13.2 Å². The highest BCUT2D eigenvalue weighted by Gasteiger charge is 2.22.